The Morgan fingerprint density at radius 3 is 2.33 bits per heavy atom. The van der Waals surface area contributed by atoms with Crippen LogP contribution in [-0.2, 0) is 6.18 Å². The molecule has 1 N–H and O–H groups in total. The van der Waals surface area contributed by atoms with Crippen LogP contribution in [-0.4, -0.2) is 12.3 Å². The van der Waals surface area contributed by atoms with Gasteiger partial charge in [0.15, 0.2) is 0 Å². The number of nitrogens with zero attached hydrogens (tertiary/aromatic N) is 1. The Kier molecular flexibility index (Phi) is 5.38. The Morgan fingerprint density at radius 1 is 1.04 bits per heavy atom. The van der Waals surface area contributed by atoms with Gasteiger partial charge in [-0.2, -0.15) is 27.1 Å². The number of nitrogens with one attached hydrogen (secondary N) is 1. The van der Waals surface area contributed by atoms with Crippen LogP contribution in [0.15, 0.2) is 53.6 Å². The quantitative estimate of drug-likeness (QED) is 0.463. The van der Waals surface area contributed by atoms with Crippen LogP contribution >= 0.6 is 0 Å². The Balaban J connectivity index is 2.28. The Bertz CT molecular complexity index is 728. The fourth-order valence-corrected chi connectivity index (χ4v) is 2.00. The predicted molar refractivity (Wildman–Crippen MR) is 80.4 cm³/mol. The lowest BCUT2D eigenvalue weighted by Gasteiger charge is -2.13. The smallest absolute Gasteiger partial charge is 0.418 e. The largest absolute Gasteiger partial charge is 0.434 e. The Labute approximate surface area is 134 Å². The van der Waals surface area contributed by atoms with Crippen molar-refractivity contribution >= 4 is 11.4 Å². The highest BCUT2D eigenvalue weighted by molar-refractivity contribution is 6.01. The van der Waals surface area contributed by atoms with Crippen molar-refractivity contribution in [3.05, 3.63) is 59.7 Å². The normalized spacial score (nSPS) is 12.4. The minimum Gasteiger partial charge on any atom is -0.434 e. The molecule has 0 aliphatic rings. The molecule has 0 aromatic heterocycles. The molecule has 2 rings (SSSR count). The molecule has 0 aliphatic carbocycles. The van der Waals surface area contributed by atoms with Gasteiger partial charge in [-0.15, -0.1) is 0 Å². The van der Waals surface area contributed by atoms with Gasteiger partial charge in [0.05, 0.1) is 17.0 Å². The number of alkyl halides is 5. The van der Waals surface area contributed by atoms with E-state index in [1.165, 1.54) is 43.3 Å². The molecule has 0 radical (unpaired) electrons. The summed E-state index contributed by atoms with van der Waals surface area (Å²) in [4.78, 5) is 0. The molecule has 0 amide bonds. The molecule has 0 unspecified atom stereocenters. The third kappa shape index (κ3) is 4.43. The molecular formula is C16H13F5N2O. The van der Waals surface area contributed by atoms with Gasteiger partial charge >= 0.3 is 12.8 Å². The van der Waals surface area contributed by atoms with Crippen LogP contribution in [0.2, 0.25) is 0 Å². The highest BCUT2D eigenvalue weighted by Gasteiger charge is 2.33. The first kappa shape index (κ1) is 17.7. The number of anilines is 1. The zero-order valence-electron chi connectivity index (χ0n) is 12.4. The number of halogens is 5. The number of hydrogen-bond donors (Lipinski definition) is 1. The summed E-state index contributed by atoms with van der Waals surface area (Å²) in [6, 6.07) is 10.7. The van der Waals surface area contributed by atoms with Crippen molar-refractivity contribution in [1.82, 2.24) is 0 Å². The van der Waals surface area contributed by atoms with E-state index in [9.17, 15) is 22.0 Å². The van der Waals surface area contributed by atoms with Crippen LogP contribution in [0.3, 0.4) is 0 Å². The first-order chi connectivity index (χ1) is 11.3. The fraction of sp³-hybridized carbons (Fsp3) is 0.188. The van der Waals surface area contributed by atoms with Crippen LogP contribution in [0.1, 0.15) is 18.1 Å². The van der Waals surface area contributed by atoms with Gasteiger partial charge in [-0.25, -0.2) is 0 Å². The zero-order valence-corrected chi connectivity index (χ0v) is 12.4. The van der Waals surface area contributed by atoms with E-state index in [2.05, 4.69) is 15.3 Å². The van der Waals surface area contributed by atoms with Crippen molar-refractivity contribution in [3.8, 4) is 5.75 Å². The van der Waals surface area contributed by atoms with Gasteiger partial charge in [0.2, 0.25) is 0 Å². The molecule has 3 nitrogen and oxygen atoms in total. The molecule has 0 spiro atoms. The summed E-state index contributed by atoms with van der Waals surface area (Å²) in [6.45, 7) is -1.55. The monoisotopic (exact) mass is 344 g/mol. The number of hydrogen-bond acceptors (Lipinski definition) is 3. The summed E-state index contributed by atoms with van der Waals surface area (Å²) >= 11 is 0. The lowest BCUT2D eigenvalue weighted by atomic mass is 10.1. The average molecular weight is 344 g/mol. The van der Waals surface area contributed by atoms with E-state index in [0.29, 0.717) is 0 Å². The van der Waals surface area contributed by atoms with E-state index < -0.39 is 18.4 Å². The highest BCUT2D eigenvalue weighted by Crippen LogP contribution is 2.34. The van der Waals surface area contributed by atoms with Gasteiger partial charge in [-0.05, 0) is 31.2 Å². The number of rotatable bonds is 5. The summed E-state index contributed by atoms with van der Waals surface area (Å²) in [5.41, 5.74) is 1.65. The highest BCUT2D eigenvalue weighted by atomic mass is 19.4. The molecule has 2 aromatic rings. The summed E-state index contributed by atoms with van der Waals surface area (Å²) in [5.74, 6) is -0.111. The number of hydrazone groups is 1. The van der Waals surface area contributed by atoms with Crippen molar-refractivity contribution in [1.29, 1.82) is 0 Å². The van der Waals surface area contributed by atoms with Crippen LogP contribution in [0, 0.1) is 0 Å². The minimum atomic E-state index is -4.54. The second-order valence-corrected chi connectivity index (χ2v) is 4.73. The topological polar surface area (TPSA) is 33.6 Å². The maximum Gasteiger partial charge on any atom is 0.418 e. The van der Waals surface area contributed by atoms with Crippen molar-refractivity contribution in [3.63, 3.8) is 0 Å². The molecule has 0 heterocycles. The first-order valence-corrected chi connectivity index (χ1v) is 6.80. The molecule has 8 heteroatoms. The van der Waals surface area contributed by atoms with E-state index in [0.717, 1.165) is 6.07 Å². The minimum absolute atomic E-state index is 0.111. The summed E-state index contributed by atoms with van der Waals surface area (Å²) in [7, 11) is 0. The molecule has 0 saturated carbocycles. The van der Waals surface area contributed by atoms with Crippen molar-refractivity contribution in [2.24, 2.45) is 5.10 Å². The molecule has 0 atom stereocenters. The SMILES string of the molecule is C/C(=N/Nc1ccccc1C(F)(F)F)c1ccccc1OC(F)F. The number of para-hydroxylation sites is 2. The van der Waals surface area contributed by atoms with Gasteiger partial charge in [0, 0.05) is 5.56 Å². The molecule has 2 aromatic carbocycles. The van der Waals surface area contributed by atoms with Gasteiger partial charge in [-0.1, -0.05) is 24.3 Å². The summed E-state index contributed by atoms with van der Waals surface area (Å²) in [6.07, 6.45) is -4.54. The van der Waals surface area contributed by atoms with E-state index in [1.54, 1.807) is 6.07 Å². The lowest BCUT2D eigenvalue weighted by Crippen LogP contribution is -2.10. The third-order valence-corrected chi connectivity index (χ3v) is 3.07. The van der Waals surface area contributed by atoms with Crippen molar-refractivity contribution in [2.75, 3.05) is 5.43 Å². The fourth-order valence-electron chi connectivity index (χ4n) is 2.00. The average Bonchev–Trinajstić information content (AvgIpc) is 2.52. The second kappa shape index (κ2) is 7.29. The maximum atomic E-state index is 12.9. The van der Waals surface area contributed by atoms with Crippen molar-refractivity contribution in [2.45, 2.75) is 19.7 Å². The van der Waals surface area contributed by atoms with Gasteiger partial charge in [-0.3, -0.25) is 5.43 Å². The molecule has 128 valence electrons. The molecule has 0 aliphatic heterocycles. The Hall–Kier alpha value is -2.64. The zero-order chi connectivity index (χ0) is 17.7. The lowest BCUT2D eigenvalue weighted by molar-refractivity contribution is -0.137. The van der Waals surface area contributed by atoms with Crippen LogP contribution in [0.25, 0.3) is 0 Å². The second-order valence-electron chi connectivity index (χ2n) is 4.73. The van der Waals surface area contributed by atoms with Crippen LogP contribution in [0.5, 0.6) is 5.75 Å². The maximum absolute atomic E-state index is 12.9. The summed E-state index contributed by atoms with van der Waals surface area (Å²) < 4.78 is 67.9. The van der Waals surface area contributed by atoms with E-state index in [4.69, 9.17) is 0 Å². The standard InChI is InChI=1S/C16H13F5N2O/c1-10(11-6-2-5-9-14(11)24-15(17)18)22-23-13-8-4-3-7-12(13)16(19,20)21/h2-9,15,23H,1H3/b22-10-. The third-order valence-electron chi connectivity index (χ3n) is 3.07. The van der Waals surface area contributed by atoms with E-state index in [1.807, 2.05) is 0 Å². The number of ether oxygens (including phenoxy) is 1. The van der Waals surface area contributed by atoms with Crippen molar-refractivity contribution < 1.29 is 26.7 Å². The van der Waals surface area contributed by atoms with Gasteiger partial charge in [0.1, 0.15) is 5.75 Å². The predicted octanol–water partition coefficient (Wildman–Crippen LogP) is 5.14. The van der Waals surface area contributed by atoms with E-state index in [-0.39, 0.29) is 22.7 Å². The molecule has 0 saturated heterocycles. The van der Waals surface area contributed by atoms with Gasteiger partial charge in [0.25, 0.3) is 0 Å². The first-order valence-electron chi connectivity index (χ1n) is 6.80. The van der Waals surface area contributed by atoms with Crippen LogP contribution in [0.4, 0.5) is 27.6 Å². The Morgan fingerprint density at radius 2 is 1.67 bits per heavy atom. The van der Waals surface area contributed by atoms with E-state index >= 15 is 0 Å². The summed E-state index contributed by atoms with van der Waals surface area (Å²) in [5, 5.41) is 3.85. The number of benzene rings is 2. The molecule has 0 fully saturated rings. The molecule has 24 heavy (non-hydrogen) atoms. The molecular weight excluding hydrogens is 331 g/mol. The molecule has 0 bridgehead atoms. The van der Waals surface area contributed by atoms with Crippen LogP contribution < -0.4 is 10.2 Å². The van der Waals surface area contributed by atoms with Gasteiger partial charge < -0.3 is 4.74 Å².